The number of aromatic nitrogens is 3. The molecule has 6 heteroatoms. The molecule has 6 nitrogen and oxygen atoms in total. The molecule has 0 unspecified atom stereocenters. The van der Waals surface area contributed by atoms with Gasteiger partial charge in [-0.2, -0.15) is 0 Å². The van der Waals surface area contributed by atoms with Gasteiger partial charge in [0.2, 0.25) is 0 Å². The first-order chi connectivity index (χ1) is 7.74. The number of hydrogen-bond acceptors (Lipinski definition) is 4. The van der Waals surface area contributed by atoms with Crippen molar-refractivity contribution in [2.24, 2.45) is 0 Å². The summed E-state index contributed by atoms with van der Waals surface area (Å²) in [6, 6.07) is 3.58. The van der Waals surface area contributed by atoms with E-state index in [1.165, 1.54) is 0 Å². The average molecular weight is 218 g/mol. The zero-order chi connectivity index (χ0) is 11.1. The summed E-state index contributed by atoms with van der Waals surface area (Å²) in [4.78, 5) is 11.6. The van der Waals surface area contributed by atoms with Crippen molar-refractivity contribution in [2.75, 3.05) is 5.32 Å². The molecule has 82 valence electrons. The van der Waals surface area contributed by atoms with Crippen molar-refractivity contribution < 1.29 is 9.53 Å². The van der Waals surface area contributed by atoms with Gasteiger partial charge >= 0.3 is 0 Å². The number of ether oxygens (including phenoxy) is 1. The Balaban J connectivity index is 1.80. The summed E-state index contributed by atoms with van der Waals surface area (Å²) in [6.07, 6.45) is 3.07. The van der Waals surface area contributed by atoms with Crippen LogP contribution in [0.1, 0.15) is 6.92 Å². The van der Waals surface area contributed by atoms with Crippen molar-refractivity contribution in [3.8, 4) is 0 Å². The molecule has 3 rings (SSSR count). The van der Waals surface area contributed by atoms with Crippen LogP contribution in [0.3, 0.4) is 0 Å². The first-order valence-electron chi connectivity index (χ1n) is 5.00. The van der Waals surface area contributed by atoms with E-state index in [9.17, 15) is 4.79 Å². The highest BCUT2D eigenvalue weighted by molar-refractivity contribution is 5.96. The molecule has 1 saturated heterocycles. The highest BCUT2D eigenvalue weighted by atomic mass is 16.6. The molecule has 2 atom stereocenters. The Hall–Kier alpha value is -1.95. The second kappa shape index (κ2) is 3.28. The second-order valence-electron chi connectivity index (χ2n) is 3.77. The Morgan fingerprint density at radius 3 is 3.12 bits per heavy atom. The van der Waals surface area contributed by atoms with Crippen molar-refractivity contribution in [1.82, 2.24) is 14.6 Å². The maximum absolute atomic E-state index is 11.6. The van der Waals surface area contributed by atoms with Gasteiger partial charge in [0, 0.05) is 6.20 Å². The predicted molar refractivity (Wildman–Crippen MR) is 56.0 cm³/mol. The Bertz CT molecular complexity index is 550. The molecular formula is C10H10N4O2. The van der Waals surface area contributed by atoms with E-state index < -0.39 is 0 Å². The van der Waals surface area contributed by atoms with Crippen molar-refractivity contribution >= 4 is 17.2 Å². The molecule has 1 N–H and O–H groups in total. The number of rotatable bonds is 2. The number of fused-ring (bicyclic) bond motifs is 1. The number of carbonyl (C=O) groups is 1. The number of hydrogen-bond donors (Lipinski definition) is 1. The maximum Gasteiger partial charge on any atom is 0.256 e. The van der Waals surface area contributed by atoms with Gasteiger partial charge in [-0.25, -0.2) is 0 Å². The number of anilines is 1. The molecule has 0 saturated carbocycles. The SMILES string of the molecule is C[C@@H]1O[C@H]1C(=O)Nc1ccc2nncn2c1. The second-order valence-corrected chi connectivity index (χ2v) is 3.77. The lowest BCUT2D eigenvalue weighted by Crippen LogP contribution is -2.19. The number of pyridine rings is 1. The molecule has 3 heterocycles. The fourth-order valence-corrected chi connectivity index (χ4v) is 1.58. The van der Waals surface area contributed by atoms with Crippen molar-refractivity contribution in [3.63, 3.8) is 0 Å². The maximum atomic E-state index is 11.6. The summed E-state index contributed by atoms with van der Waals surface area (Å²) in [6.45, 7) is 1.87. The zero-order valence-corrected chi connectivity index (χ0v) is 8.62. The van der Waals surface area contributed by atoms with Crippen LogP contribution >= 0.6 is 0 Å². The van der Waals surface area contributed by atoms with Gasteiger partial charge in [-0.15, -0.1) is 10.2 Å². The third-order valence-corrected chi connectivity index (χ3v) is 2.53. The van der Waals surface area contributed by atoms with E-state index in [4.69, 9.17) is 4.74 Å². The minimum Gasteiger partial charge on any atom is -0.359 e. The summed E-state index contributed by atoms with van der Waals surface area (Å²) >= 11 is 0. The molecule has 2 aromatic rings. The lowest BCUT2D eigenvalue weighted by atomic mass is 10.3. The first-order valence-corrected chi connectivity index (χ1v) is 5.00. The Morgan fingerprint density at radius 1 is 1.56 bits per heavy atom. The first kappa shape index (κ1) is 9.29. The van der Waals surface area contributed by atoms with Gasteiger partial charge in [-0.3, -0.25) is 9.20 Å². The van der Waals surface area contributed by atoms with Gasteiger partial charge in [0.1, 0.15) is 6.33 Å². The standard InChI is InChI=1S/C10H10N4O2/c1-6-9(16-6)10(15)12-7-2-3-8-13-11-5-14(8)4-7/h2-6,9H,1H3,(H,12,15)/t6-,9+/m0/s1. The molecule has 1 fully saturated rings. The van der Waals surface area contributed by atoms with Crippen LogP contribution in [0.2, 0.25) is 0 Å². The van der Waals surface area contributed by atoms with Crippen LogP contribution in [0.25, 0.3) is 5.65 Å². The van der Waals surface area contributed by atoms with E-state index in [0.29, 0.717) is 5.69 Å². The molecule has 2 aromatic heterocycles. The quantitative estimate of drug-likeness (QED) is 0.743. The number of nitrogens with zero attached hydrogens (tertiary/aromatic N) is 3. The molecule has 0 spiro atoms. The van der Waals surface area contributed by atoms with Gasteiger partial charge < -0.3 is 10.1 Å². The van der Waals surface area contributed by atoms with Crippen LogP contribution in [-0.4, -0.2) is 32.7 Å². The van der Waals surface area contributed by atoms with Crippen LogP contribution in [-0.2, 0) is 9.53 Å². The van der Waals surface area contributed by atoms with Gasteiger partial charge in [-0.1, -0.05) is 0 Å². The van der Waals surface area contributed by atoms with Crippen molar-refractivity contribution in [2.45, 2.75) is 19.1 Å². The lowest BCUT2D eigenvalue weighted by molar-refractivity contribution is -0.117. The van der Waals surface area contributed by atoms with Crippen LogP contribution in [0.5, 0.6) is 0 Å². The molecule has 0 aromatic carbocycles. The normalized spacial score (nSPS) is 23.3. The topological polar surface area (TPSA) is 71.8 Å². The Kier molecular flexibility index (Phi) is 1.90. The molecule has 16 heavy (non-hydrogen) atoms. The third-order valence-electron chi connectivity index (χ3n) is 2.53. The summed E-state index contributed by atoms with van der Waals surface area (Å²) < 4.78 is 6.82. The minimum absolute atomic E-state index is 0.0265. The predicted octanol–water partition coefficient (Wildman–Crippen LogP) is 0.455. The van der Waals surface area contributed by atoms with E-state index in [2.05, 4.69) is 15.5 Å². The van der Waals surface area contributed by atoms with Gasteiger partial charge in [0.05, 0.1) is 11.8 Å². The Morgan fingerprint density at radius 2 is 2.38 bits per heavy atom. The molecular weight excluding hydrogens is 208 g/mol. The summed E-state index contributed by atoms with van der Waals surface area (Å²) in [7, 11) is 0. The number of carbonyl (C=O) groups excluding carboxylic acids is 1. The largest absolute Gasteiger partial charge is 0.359 e. The highest BCUT2D eigenvalue weighted by Gasteiger charge is 2.41. The molecule has 1 amide bonds. The van der Waals surface area contributed by atoms with E-state index >= 15 is 0 Å². The zero-order valence-electron chi connectivity index (χ0n) is 8.62. The van der Waals surface area contributed by atoms with Crippen molar-refractivity contribution in [3.05, 3.63) is 24.7 Å². The molecule has 0 aliphatic carbocycles. The van der Waals surface area contributed by atoms with E-state index in [-0.39, 0.29) is 18.1 Å². The van der Waals surface area contributed by atoms with Crippen molar-refractivity contribution in [1.29, 1.82) is 0 Å². The summed E-state index contributed by atoms with van der Waals surface area (Å²) in [5, 5.41) is 10.4. The Labute approximate surface area is 91.2 Å². The summed E-state index contributed by atoms with van der Waals surface area (Å²) in [5.74, 6) is -0.111. The van der Waals surface area contributed by atoms with Gasteiger partial charge in [0.15, 0.2) is 11.8 Å². The highest BCUT2D eigenvalue weighted by Crippen LogP contribution is 2.22. The minimum atomic E-state index is -0.309. The molecule has 1 aliphatic heterocycles. The fraction of sp³-hybridized carbons (Fsp3) is 0.300. The number of amides is 1. The third kappa shape index (κ3) is 1.53. The lowest BCUT2D eigenvalue weighted by Gasteiger charge is -2.03. The van der Waals surface area contributed by atoms with Crippen LogP contribution in [0.4, 0.5) is 5.69 Å². The van der Waals surface area contributed by atoms with Crippen LogP contribution in [0.15, 0.2) is 24.7 Å². The van der Waals surface area contributed by atoms with E-state index in [1.807, 2.05) is 6.92 Å². The summed E-state index contributed by atoms with van der Waals surface area (Å²) in [5.41, 5.74) is 1.45. The van der Waals surface area contributed by atoms with Gasteiger partial charge in [-0.05, 0) is 19.1 Å². The van der Waals surface area contributed by atoms with E-state index in [0.717, 1.165) is 5.65 Å². The van der Waals surface area contributed by atoms with Gasteiger partial charge in [0.25, 0.3) is 5.91 Å². The molecule has 1 aliphatic rings. The number of epoxide rings is 1. The monoisotopic (exact) mass is 218 g/mol. The smallest absolute Gasteiger partial charge is 0.256 e. The molecule has 0 radical (unpaired) electrons. The fourth-order valence-electron chi connectivity index (χ4n) is 1.58. The van der Waals surface area contributed by atoms with Crippen LogP contribution < -0.4 is 5.32 Å². The molecule has 0 bridgehead atoms. The average Bonchev–Trinajstić information content (AvgIpc) is 2.83. The van der Waals surface area contributed by atoms with Crippen LogP contribution in [0, 0.1) is 0 Å². The van der Waals surface area contributed by atoms with E-state index in [1.54, 1.807) is 29.1 Å². The number of nitrogens with one attached hydrogen (secondary N) is 1.